The van der Waals surface area contributed by atoms with Gasteiger partial charge in [-0.15, -0.1) is 0 Å². The molecular weight excluding hydrogens is 456 g/mol. The maximum Gasteiger partial charge on any atom is -0.0172 e. The van der Waals surface area contributed by atoms with Gasteiger partial charge < -0.3 is 0 Å². The Labute approximate surface area is 225 Å². The van der Waals surface area contributed by atoms with Gasteiger partial charge >= 0.3 is 0 Å². The monoisotopic (exact) mass is 486 g/mol. The highest BCUT2D eigenvalue weighted by molar-refractivity contribution is 5.82. The number of benzene rings is 6. The largest absolute Gasteiger partial charge is 0.0622 e. The first-order chi connectivity index (χ1) is 18.6. The van der Waals surface area contributed by atoms with E-state index in [1.54, 1.807) is 0 Å². The molecular formula is C38H30. The SMILES string of the molecule is Cc1ccc(-c2cc(-c3ccccc3)cc(-c3ccc(-c4cc(C)cc(-c5ccccc5)c4)cc3)c2)cc1. The standard InChI is InChI=1S/C38H30/c1-27-13-15-31(16-14-27)37-24-36(30-11-7-4-8-12-30)25-38(26-37)33-19-17-32(18-20-33)35-22-28(2)21-34(23-35)29-9-5-3-6-10-29/h3-26H,1-2H3. The summed E-state index contributed by atoms with van der Waals surface area (Å²) in [5, 5.41) is 0. The van der Waals surface area contributed by atoms with E-state index in [4.69, 9.17) is 0 Å². The molecule has 0 aromatic heterocycles. The highest BCUT2D eigenvalue weighted by Gasteiger charge is 2.09. The van der Waals surface area contributed by atoms with E-state index in [0.29, 0.717) is 0 Å². The predicted octanol–water partition coefficient (Wildman–Crippen LogP) is 10.6. The van der Waals surface area contributed by atoms with Crippen molar-refractivity contribution in [3.05, 3.63) is 157 Å². The van der Waals surface area contributed by atoms with Gasteiger partial charge in [-0.1, -0.05) is 127 Å². The average Bonchev–Trinajstić information content (AvgIpc) is 2.98. The number of aryl methyl sites for hydroxylation is 2. The van der Waals surface area contributed by atoms with Crippen LogP contribution in [0.2, 0.25) is 0 Å². The number of rotatable bonds is 5. The molecule has 0 heteroatoms. The van der Waals surface area contributed by atoms with Crippen LogP contribution in [0.15, 0.2) is 146 Å². The van der Waals surface area contributed by atoms with E-state index in [0.717, 1.165) is 0 Å². The van der Waals surface area contributed by atoms with Gasteiger partial charge in [0.2, 0.25) is 0 Å². The van der Waals surface area contributed by atoms with Crippen molar-refractivity contribution < 1.29 is 0 Å². The molecule has 0 saturated heterocycles. The zero-order valence-corrected chi connectivity index (χ0v) is 21.9. The van der Waals surface area contributed by atoms with Gasteiger partial charge in [0.25, 0.3) is 0 Å². The lowest BCUT2D eigenvalue weighted by molar-refractivity contribution is 1.46. The minimum absolute atomic E-state index is 1.22. The van der Waals surface area contributed by atoms with E-state index in [1.165, 1.54) is 66.8 Å². The molecule has 6 rings (SSSR count). The van der Waals surface area contributed by atoms with Crippen molar-refractivity contribution >= 4 is 0 Å². The van der Waals surface area contributed by atoms with Gasteiger partial charge in [0.15, 0.2) is 0 Å². The van der Waals surface area contributed by atoms with E-state index in [1.807, 2.05) is 0 Å². The maximum atomic E-state index is 2.31. The maximum absolute atomic E-state index is 2.31. The average molecular weight is 487 g/mol. The Bertz CT molecular complexity index is 1670. The Balaban J connectivity index is 1.40. The lowest BCUT2D eigenvalue weighted by atomic mass is 9.92. The zero-order valence-electron chi connectivity index (χ0n) is 21.9. The summed E-state index contributed by atoms with van der Waals surface area (Å²) in [6.07, 6.45) is 0. The van der Waals surface area contributed by atoms with E-state index in [9.17, 15) is 0 Å². The van der Waals surface area contributed by atoms with Crippen LogP contribution in [-0.2, 0) is 0 Å². The third kappa shape index (κ3) is 5.08. The number of hydrogen-bond donors (Lipinski definition) is 0. The molecule has 0 aliphatic carbocycles. The fourth-order valence-corrected chi connectivity index (χ4v) is 5.11. The molecule has 0 atom stereocenters. The predicted molar refractivity (Wildman–Crippen MR) is 163 cm³/mol. The molecule has 0 fully saturated rings. The van der Waals surface area contributed by atoms with Crippen LogP contribution in [0.1, 0.15) is 11.1 Å². The molecule has 182 valence electrons. The van der Waals surface area contributed by atoms with E-state index >= 15 is 0 Å². The Hall–Kier alpha value is -4.68. The van der Waals surface area contributed by atoms with Crippen molar-refractivity contribution in [2.45, 2.75) is 13.8 Å². The quantitative estimate of drug-likeness (QED) is 0.227. The second-order valence-corrected chi connectivity index (χ2v) is 10.1. The normalized spacial score (nSPS) is 10.9. The highest BCUT2D eigenvalue weighted by atomic mass is 14.1. The highest BCUT2D eigenvalue weighted by Crippen LogP contribution is 2.35. The minimum atomic E-state index is 1.22. The Kier molecular flexibility index (Phi) is 6.46. The van der Waals surface area contributed by atoms with E-state index < -0.39 is 0 Å². The molecule has 0 aliphatic rings. The second-order valence-electron chi connectivity index (χ2n) is 10.1. The van der Waals surface area contributed by atoms with Crippen molar-refractivity contribution in [1.29, 1.82) is 0 Å². The van der Waals surface area contributed by atoms with Crippen molar-refractivity contribution in [3.63, 3.8) is 0 Å². The molecule has 0 amide bonds. The molecule has 0 heterocycles. The van der Waals surface area contributed by atoms with Crippen LogP contribution >= 0.6 is 0 Å². The first-order valence-corrected chi connectivity index (χ1v) is 13.2. The van der Waals surface area contributed by atoms with Gasteiger partial charge in [-0.05, 0) is 99.3 Å². The van der Waals surface area contributed by atoms with Crippen LogP contribution in [0.4, 0.5) is 0 Å². The third-order valence-electron chi connectivity index (χ3n) is 7.16. The molecule has 0 spiro atoms. The summed E-state index contributed by atoms with van der Waals surface area (Å²) in [6, 6.07) is 52.8. The molecule has 0 nitrogen and oxygen atoms in total. The zero-order chi connectivity index (χ0) is 25.9. The van der Waals surface area contributed by atoms with Crippen molar-refractivity contribution in [3.8, 4) is 55.6 Å². The molecule has 6 aromatic carbocycles. The molecule has 0 N–H and O–H groups in total. The topological polar surface area (TPSA) is 0 Å². The first kappa shape index (κ1) is 23.7. The van der Waals surface area contributed by atoms with Crippen LogP contribution in [-0.4, -0.2) is 0 Å². The fourth-order valence-electron chi connectivity index (χ4n) is 5.11. The Morgan fingerprint density at radius 1 is 0.237 bits per heavy atom. The van der Waals surface area contributed by atoms with Crippen LogP contribution < -0.4 is 0 Å². The smallest absolute Gasteiger partial charge is 0.0172 e. The van der Waals surface area contributed by atoms with Crippen molar-refractivity contribution in [1.82, 2.24) is 0 Å². The van der Waals surface area contributed by atoms with Crippen LogP contribution in [0.25, 0.3) is 55.6 Å². The lowest BCUT2D eigenvalue weighted by Gasteiger charge is -2.13. The van der Waals surface area contributed by atoms with Crippen molar-refractivity contribution in [2.24, 2.45) is 0 Å². The van der Waals surface area contributed by atoms with Gasteiger partial charge in [-0.3, -0.25) is 0 Å². The van der Waals surface area contributed by atoms with Gasteiger partial charge in [-0.2, -0.15) is 0 Å². The van der Waals surface area contributed by atoms with Gasteiger partial charge in [0.05, 0.1) is 0 Å². The minimum Gasteiger partial charge on any atom is -0.0622 e. The van der Waals surface area contributed by atoms with Gasteiger partial charge in [0, 0.05) is 0 Å². The summed E-state index contributed by atoms with van der Waals surface area (Å²) >= 11 is 0. The van der Waals surface area contributed by atoms with E-state index in [2.05, 4.69) is 159 Å². The van der Waals surface area contributed by atoms with Crippen LogP contribution in [0.3, 0.4) is 0 Å². The summed E-state index contributed by atoms with van der Waals surface area (Å²) in [5.74, 6) is 0. The summed E-state index contributed by atoms with van der Waals surface area (Å²) in [7, 11) is 0. The second kappa shape index (κ2) is 10.4. The lowest BCUT2D eigenvalue weighted by Crippen LogP contribution is -1.87. The molecule has 0 aliphatic heterocycles. The van der Waals surface area contributed by atoms with Gasteiger partial charge in [0.1, 0.15) is 0 Å². The molecule has 0 unspecified atom stereocenters. The summed E-state index contributed by atoms with van der Waals surface area (Å²) in [5.41, 5.74) is 14.9. The summed E-state index contributed by atoms with van der Waals surface area (Å²) in [4.78, 5) is 0. The third-order valence-corrected chi connectivity index (χ3v) is 7.16. The molecule has 0 radical (unpaired) electrons. The van der Waals surface area contributed by atoms with E-state index in [-0.39, 0.29) is 0 Å². The molecule has 6 aromatic rings. The summed E-state index contributed by atoms with van der Waals surface area (Å²) < 4.78 is 0. The fraction of sp³-hybridized carbons (Fsp3) is 0.0526. The molecule has 38 heavy (non-hydrogen) atoms. The molecule has 0 saturated carbocycles. The van der Waals surface area contributed by atoms with Crippen LogP contribution in [0.5, 0.6) is 0 Å². The van der Waals surface area contributed by atoms with Crippen LogP contribution in [0, 0.1) is 13.8 Å². The summed E-state index contributed by atoms with van der Waals surface area (Å²) in [6.45, 7) is 4.31. The molecule has 0 bridgehead atoms. The van der Waals surface area contributed by atoms with Gasteiger partial charge in [-0.25, -0.2) is 0 Å². The van der Waals surface area contributed by atoms with Crippen molar-refractivity contribution in [2.75, 3.05) is 0 Å². The Morgan fingerprint density at radius 3 is 0.895 bits per heavy atom. The number of hydrogen-bond acceptors (Lipinski definition) is 0. The first-order valence-electron chi connectivity index (χ1n) is 13.2. The Morgan fingerprint density at radius 2 is 0.526 bits per heavy atom.